The zero-order valence-corrected chi connectivity index (χ0v) is 20.8. The van der Waals surface area contributed by atoms with Gasteiger partial charge in [-0.15, -0.1) is 0 Å². The summed E-state index contributed by atoms with van der Waals surface area (Å²) in [5.74, 6) is -0.0605. The van der Waals surface area contributed by atoms with Gasteiger partial charge in [-0.05, 0) is 49.7 Å². The molecule has 0 saturated heterocycles. The topological polar surface area (TPSA) is 112 Å². The number of nitro groups is 1. The number of benzene rings is 2. The summed E-state index contributed by atoms with van der Waals surface area (Å²) in [5.41, 5.74) is 0.921. The Hall–Kier alpha value is -4.32. The Labute approximate surface area is 218 Å². The van der Waals surface area contributed by atoms with E-state index in [0.717, 1.165) is 18.2 Å². The average molecular weight is 549 g/mol. The van der Waals surface area contributed by atoms with E-state index in [-0.39, 0.29) is 35.4 Å². The van der Waals surface area contributed by atoms with Crippen LogP contribution in [0.5, 0.6) is 5.75 Å². The van der Waals surface area contributed by atoms with Crippen molar-refractivity contribution < 1.29 is 32.0 Å². The van der Waals surface area contributed by atoms with E-state index >= 15 is 0 Å². The van der Waals surface area contributed by atoms with Gasteiger partial charge in [0.1, 0.15) is 18.1 Å². The number of nitrogens with zero attached hydrogens (tertiary/aromatic N) is 3. The van der Waals surface area contributed by atoms with Crippen LogP contribution < -0.4 is 10.1 Å². The highest BCUT2D eigenvalue weighted by Gasteiger charge is 2.30. The lowest BCUT2D eigenvalue weighted by Gasteiger charge is -2.10. The number of carbonyl (C=O) groups is 1. The van der Waals surface area contributed by atoms with E-state index in [1.807, 2.05) is 0 Å². The predicted octanol–water partition coefficient (Wildman–Crippen LogP) is 6.55. The summed E-state index contributed by atoms with van der Waals surface area (Å²) in [6.07, 6.45) is -4.45. The van der Waals surface area contributed by atoms with Crippen molar-refractivity contribution in [1.82, 2.24) is 9.78 Å². The fourth-order valence-corrected chi connectivity index (χ4v) is 3.90. The molecule has 0 fully saturated rings. The number of amides is 1. The molecular formula is C25H20ClF3N4O5. The van der Waals surface area contributed by atoms with Crippen LogP contribution in [0.4, 0.5) is 24.5 Å². The summed E-state index contributed by atoms with van der Waals surface area (Å²) in [4.78, 5) is 23.0. The van der Waals surface area contributed by atoms with E-state index in [0.29, 0.717) is 28.4 Å². The Bertz CT molecular complexity index is 1510. The van der Waals surface area contributed by atoms with Crippen molar-refractivity contribution >= 4 is 28.9 Å². The Balaban J connectivity index is 1.42. The van der Waals surface area contributed by atoms with Crippen molar-refractivity contribution in [2.75, 3.05) is 5.32 Å². The van der Waals surface area contributed by atoms with Crippen molar-refractivity contribution in [3.63, 3.8) is 0 Å². The number of nitrogens with one attached hydrogen (secondary N) is 1. The molecule has 2 aromatic heterocycles. The molecule has 0 saturated carbocycles. The highest BCUT2D eigenvalue weighted by molar-refractivity contribution is 6.32. The van der Waals surface area contributed by atoms with E-state index in [2.05, 4.69) is 10.4 Å². The van der Waals surface area contributed by atoms with Crippen molar-refractivity contribution in [3.8, 4) is 5.75 Å². The predicted molar refractivity (Wildman–Crippen MR) is 131 cm³/mol. The number of ether oxygens (including phenoxy) is 1. The van der Waals surface area contributed by atoms with Gasteiger partial charge in [0, 0.05) is 12.1 Å². The number of furan rings is 1. The summed E-state index contributed by atoms with van der Waals surface area (Å²) in [6.45, 7) is 3.36. The van der Waals surface area contributed by atoms with Gasteiger partial charge in [-0.25, -0.2) is 0 Å². The second-order valence-electron chi connectivity index (χ2n) is 8.28. The minimum Gasteiger partial charge on any atom is -0.484 e. The van der Waals surface area contributed by atoms with E-state index in [1.54, 1.807) is 19.9 Å². The number of halogens is 4. The first-order chi connectivity index (χ1) is 17.9. The van der Waals surface area contributed by atoms with Gasteiger partial charge in [0.25, 0.3) is 11.6 Å². The molecule has 0 bridgehead atoms. The summed E-state index contributed by atoms with van der Waals surface area (Å²) < 4.78 is 51.7. The maximum atomic E-state index is 13.0. The second-order valence-corrected chi connectivity index (χ2v) is 8.69. The van der Waals surface area contributed by atoms with Gasteiger partial charge in [-0.3, -0.25) is 19.6 Å². The highest BCUT2D eigenvalue weighted by atomic mass is 35.5. The van der Waals surface area contributed by atoms with Crippen LogP contribution in [0.25, 0.3) is 0 Å². The molecule has 0 spiro atoms. The lowest BCUT2D eigenvalue weighted by atomic mass is 10.1. The number of alkyl halides is 3. The maximum absolute atomic E-state index is 13.0. The molecule has 38 heavy (non-hydrogen) atoms. The summed E-state index contributed by atoms with van der Waals surface area (Å²) in [5, 5.41) is 18.0. The maximum Gasteiger partial charge on any atom is 0.416 e. The van der Waals surface area contributed by atoms with Crippen molar-refractivity contribution in [3.05, 3.63) is 104 Å². The lowest BCUT2D eigenvalue weighted by molar-refractivity contribution is -0.384. The smallest absolute Gasteiger partial charge is 0.416 e. The second kappa shape index (κ2) is 10.6. The molecule has 1 N–H and O–H groups in total. The normalized spacial score (nSPS) is 11.4. The minimum atomic E-state index is -4.45. The van der Waals surface area contributed by atoms with Crippen LogP contribution in [0, 0.1) is 24.0 Å². The van der Waals surface area contributed by atoms with Gasteiger partial charge in [0.15, 0.2) is 5.76 Å². The molecule has 2 aromatic carbocycles. The molecule has 0 aliphatic heterocycles. The monoisotopic (exact) mass is 548 g/mol. The van der Waals surface area contributed by atoms with Gasteiger partial charge in [0.2, 0.25) is 0 Å². The van der Waals surface area contributed by atoms with Crippen LogP contribution in [-0.2, 0) is 19.3 Å². The first-order valence-corrected chi connectivity index (χ1v) is 11.5. The van der Waals surface area contributed by atoms with Gasteiger partial charge in [0.05, 0.1) is 39.1 Å². The molecule has 0 atom stereocenters. The lowest BCUT2D eigenvalue weighted by Crippen LogP contribution is -2.13. The van der Waals surface area contributed by atoms with Crippen LogP contribution in [0.3, 0.4) is 0 Å². The summed E-state index contributed by atoms with van der Waals surface area (Å²) >= 11 is 6.01. The van der Waals surface area contributed by atoms with E-state index in [1.165, 1.54) is 35.0 Å². The van der Waals surface area contributed by atoms with E-state index < -0.39 is 22.6 Å². The first kappa shape index (κ1) is 26.7. The SMILES string of the molecule is Cc1nn(Cc2cccc(C(F)(F)F)c2)c(C)c1NC(=O)c1ccc(COc2ccc([N+](=O)[O-])cc2Cl)o1. The number of non-ortho nitro benzene ring substituents is 1. The third-order valence-electron chi connectivity index (χ3n) is 5.59. The standard InChI is InChI=1S/C25H20ClF3N4O5/c1-14-23(15(2)32(31-14)12-16-4-3-5-17(10-16)25(27,28)29)30-24(34)22-9-7-19(38-22)13-37-21-8-6-18(33(35)36)11-20(21)26/h3-11H,12-13H2,1-2H3,(H,30,34). The third kappa shape index (κ3) is 5.97. The van der Waals surface area contributed by atoms with Crippen LogP contribution in [0.2, 0.25) is 5.02 Å². The molecule has 9 nitrogen and oxygen atoms in total. The van der Waals surface area contributed by atoms with Crippen LogP contribution in [0.1, 0.15) is 38.8 Å². The molecule has 4 aromatic rings. The molecule has 0 unspecified atom stereocenters. The minimum absolute atomic E-state index is 0.0113. The van der Waals surface area contributed by atoms with Gasteiger partial charge >= 0.3 is 6.18 Å². The number of anilines is 1. The fourth-order valence-electron chi connectivity index (χ4n) is 3.67. The molecule has 2 heterocycles. The Kier molecular flexibility index (Phi) is 7.44. The van der Waals surface area contributed by atoms with Crippen LogP contribution in [0.15, 0.2) is 59.0 Å². The molecule has 13 heteroatoms. The number of nitro benzene ring substituents is 1. The first-order valence-electron chi connectivity index (χ1n) is 11.1. The van der Waals surface area contributed by atoms with Crippen molar-refractivity contribution in [1.29, 1.82) is 0 Å². The molecule has 0 aliphatic rings. The molecule has 0 radical (unpaired) electrons. The van der Waals surface area contributed by atoms with E-state index in [9.17, 15) is 28.1 Å². The Morgan fingerprint density at radius 2 is 1.95 bits per heavy atom. The number of rotatable bonds is 8. The van der Waals surface area contributed by atoms with Crippen LogP contribution in [-0.4, -0.2) is 20.6 Å². The van der Waals surface area contributed by atoms with Gasteiger partial charge in [-0.2, -0.15) is 18.3 Å². The Morgan fingerprint density at radius 3 is 2.63 bits per heavy atom. The number of aryl methyl sites for hydroxylation is 1. The zero-order chi connectivity index (χ0) is 27.6. The largest absolute Gasteiger partial charge is 0.484 e. The molecular weight excluding hydrogens is 529 g/mol. The number of hydrogen-bond acceptors (Lipinski definition) is 6. The quantitative estimate of drug-likeness (QED) is 0.197. The summed E-state index contributed by atoms with van der Waals surface area (Å²) in [7, 11) is 0. The molecule has 4 rings (SSSR count). The van der Waals surface area contributed by atoms with Crippen molar-refractivity contribution in [2.45, 2.75) is 33.2 Å². The Morgan fingerprint density at radius 1 is 1.18 bits per heavy atom. The number of carbonyl (C=O) groups excluding carboxylic acids is 1. The fraction of sp³-hybridized carbons (Fsp3) is 0.200. The average Bonchev–Trinajstić information content (AvgIpc) is 3.43. The van der Waals surface area contributed by atoms with E-state index in [4.69, 9.17) is 20.8 Å². The summed E-state index contributed by atoms with van der Waals surface area (Å²) in [6, 6.07) is 11.7. The van der Waals surface area contributed by atoms with Gasteiger partial charge in [-0.1, -0.05) is 23.7 Å². The van der Waals surface area contributed by atoms with Crippen LogP contribution >= 0.6 is 11.6 Å². The van der Waals surface area contributed by atoms with Crippen molar-refractivity contribution in [2.24, 2.45) is 0 Å². The highest BCUT2D eigenvalue weighted by Crippen LogP contribution is 2.31. The van der Waals surface area contributed by atoms with Gasteiger partial charge < -0.3 is 14.5 Å². The number of aromatic nitrogens is 2. The molecule has 1 amide bonds. The third-order valence-corrected chi connectivity index (χ3v) is 5.88. The number of hydrogen-bond donors (Lipinski definition) is 1. The molecule has 198 valence electrons. The molecule has 0 aliphatic carbocycles. The zero-order valence-electron chi connectivity index (χ0n) is 20.0.